The van der Waals surface area contributed by atoms with Crippen molar-refractivity contribution in [2.75, 3.05) is 0 Å². The van der Waals surface area contributed by atoms with Gasteiger partial charge in [-0.3, -0.25) is 4.79 Å². The van der Waals surface area contributed by atoms with Crippen molar-refractivity contribution in [3.05, 3.63) is 70.7 Å². The van der Waals surface area contributed by atoms with Crippen molar-refractivity contribution in [1.29, 1.82) is 0 Å². The summed E-state index contributed by atoms with van der Waals surface area (Å²) in [5.41, 5.74) is 1.29. The van der Waals surface area contributed by atoms with E-state index in [4.69, 9.17) is 11.6 Å². The first-order chi connectivity index (χ1) is 10.1. The first-order valence-corrected chi connectivity index (χ1v) is 7.24. The Hall–Kier alpha value is -1.84. The Bertz CT molecular complexity index is 601. The Morgan fingerprint density at radius 3 is 2.43 bits per heavy atom. The van der Waals surface area contributed by atoms with Crippen molar-refractivity contribution in [3.8, 4) is 0 Å². The van der Waals surface area contributed by atoms with Gasteiger partial charge in [-0.05, 0) is 31.0 Å². The summed E-state index contributed by atoms with van der Waals surface area (Å²) < 4.78 is 0. The molecule has 110 valence electrons. The van der Waals surface area contributed by atoms with E-state index in [2.05, 4.69) is 5.32 Å². The maximum Gasteiger partial charge on any atom is 0.253 e. The number of aliphatic hydroxyl groups excluding tert-OH is 1. The van der Waals surface area contributed by atoms with E-state index in [1.807, 2.05) is 37.3 Å². The van der Waals surface area contributed by atoms with Crippen LogP contribution in [0.2, 0.25) is 5.02 Å². The molecule has 0 aliphatic heterocycles. The number of hydrogen-bond acceptors (Lipinski definition) is 2. The Kier molecular flexibility index (Phi) is 5.37. The first-order valence-electron chi connectivity index (χ1n) is 6.86. The zero-order valence-corrected chi connectivity index (χ0v) is 12.5. The van der Waals surface area contributed by atoms with Gasteiger partial charge in [-0.2, -0.15) is 0 Å². The number of carbonyl (C=O) groups is 1. The molecule has 0 saturated heterocycles. The van der Waals surface area contributed by atoms with Gasteiger partial charge >= 0.3 is 0 Å². The van der Waals surface area contributed by atoms with Crippen LogP contribution in [0.1, 0.15) is 35.4 Å². The van der Waals surface area contributed by atoms with Gasteiger partial charge in [0.2, 0.25) is 0 Å². The number of hydrogen-bond donors (Lipinski definition) is 2. The van der Waals surface area contributed by atoms with Crippen LogP contribution in [0.5, 0.6) is 0 Å². The van der Waals surface area contributed by atoms with Gasteiger partial charge in [0.25, 0.3) is 5.91 Å². The van der Waals surface area contributed by atoms with Gasteiger partial charge in [-0.15, -0.1) is 0 Å². The maximum atomic E-state index is 12.1. The molecule has 2 N–H and O–H groups in total. The highest BCUT2D eigenvalue weighted by atomic mass is 35.5. The first kappa shape index (κ1) is 15.5. The molecule has 0 aliphatic rings. The predicted octanol–water partition coefficient (Wildman–Crippen LogP) is 3.58. The maximum absolute atomic E-state index is 12.1. The number of carbonyl (C=O) groups excluding carboxylic acids is 1. The fraction of sp³-hybridized carbons (Fsp3) is 0.235. The largest absolute Gasteiger partial charge is 0.388 e. The van der Waals surface area contributed by atoms with E-state index in [-0.39, 0.29) is 11.9 Å². The smallest absolute Gasteiger partial charge is 0.253 e. The molecule has 0 spiro atoms. The highest BCUT2D eigenvalue weighted by molar-refractivity contribution is 6.33. The minimum atomic E-state index is -0.604. The third-order valence-electron chi connectivity index (χ3n) is 3.26. The highest BCUT2D eigenvalue weighted by Crippen LogP contribution is 2.19. The van der Waals surface area contributed by atoms with Gasteiger partial charge in [-0.1, -0.05) is 54.1 Å². The van der Waals surface area contributed by atoms with Crippen LogP contribution in [0.15, 0.2) is 54.6 Å². The van der Waals surface area contributed by atoms with Crippen molar-refractivity contribution >= 4 is 17.5 Å². The molecule has 0 heterocycles. The van der Waals surface area contributed by atoms with Crippen molar-refractivity contribution in [2.45, 2.75) is 25.5 Å². The highest BCUT2D eigenvalue weighted by Gasteiger charge is 2.16. The molecule has 2 aromatic carbocycles. The fourth-order valence-corrected chi connectivity index (χ4v) is 2.37. The zero-order chi connectivity index (χ0) is 15.2. The molecule has 21 heavy (non-hydrogen) atoms. The van der Waals surface area contributed by atoms with Crippen molar-refractivity contribution < 1.29 is 9.90 Å². The summed E-state index contributed by atoms with van der Waals surface area (Å²) in [6.45, 7) is 1.86. The third-order valence-corrected chi connectivity index (χ3v) is 3.59. The SMILES string of the molecule is C[C@@H](C[C@H](O)c1ccccc1)NC(=O)c1ccccc1Cl. The lowest BCUT2D eigenvalue weighted by Crippen LogP contribution is -2.33. The summed E-state index contributed by atoms with van der Waals surface area (Å²) in [5, 5.41) is 13.4. The molecule has 2 atom stereocenters. The third kappa shape index (κ3) is 4.31. The molecule has 3 nitrogen and oxygen atoms in total. The second-order valence-electron chi connectivity index (χ2n) is 5.02. The van der Waals surface area contributed by atoms with Crippen molar-refractivity contribution in [3.63, 3.8) is 0 Å². The normalized spacial score (nSPS) is 13.5. The Balaban J connectivity index is 1.94. The van der Waals surface area contributed by atoms with Gasteiger partial charge in [0.1, 0.15) is 0 Å². The number of nitrogens with one attached hydrogen (secondary N) is 1. The van der Waals surface area contributed by atoms with E-state index >= 15 is 0 Å². The molecular formula is C17H18ClNO2. The molecule has 1 amide bonds. The summed E-state index contributed by atoms with van der Waals surface area (Å²) >= 11 is 5.99. The quantitative estimate of drug-likeness (QED) is 0.887. The van der Waals surface area contributed by atoms with E-state index < -0.39 is 6.10 Å². The van der Waals surface area contributed by atoms with E-state index in [0.717, 1.165) is 5.56 Å². The average molecular weight is 304 g/mol. The molecule has 2 rings (SSSR count). The summed E-state index contributed by atoms with van der Waals surface area (Å²) in [7, 11) is 0. The van der Waals surface area contributed by atoms with E-state index in [1.54, 1.807) is 24.3 Å². The molecule has 0 radical (unpaired) electrons. The monoisotopic (exact) mass is 303 g/mol. The molecule has 4 heteroatoms. The molecule has 0 saturated carbocycles. The molecule has 2 aromatic rings. The van der Waals surface area contributed by atoms with Crippen LogP contribution in [0.4, 0.5) is 0 Å². The van der Waals surface area contributed by atoms with Gasteiger partial charge in [0.15, 0.2) is 0 Å². The minimum Gasteiger partial charge on any atom is -0.388 e. The molecule has 0 bridgehead atoms. The molecule has 0 fully saturated rings. The molecule has 0 unspecified atom stereocenters. The topological polar surface area (TPSA) is 49.3 Å². The summed E-state index contributed by atoms with van der Waals surface area (Å²) in [6, 6.07) is 16.1. The van der Waals surface area contributed by atoms with Crippen LogP contribution in [-0.4, -0.2) is 17.1 Å². The Labute approximate surface area is 129 Å². The summed E-state index contributed by atoms with van der Waals surface area (Å²) in [4.78, 5) is 12.1. The van der Waals surface area contributed by atoms with Gasteiger partial charge < -0.3 is 10.4 Å². The zero-order valence-electron chi connectivity index (χ0n) is 11.8. The minimum absolute atomic E-state index is 0.163. The predicted molar refractivity (Wildman–Crippen MR) is 84.4 cm³/mol. The van der Waals surface area contributed by atoms with E-state index in [0.29, 0.717) is 17.0 Å². The van der Waals surface area contributed by atoms with Crippen molar-refractivity contribution in [2.24, 2.45) is 0 Å². The summed E-state index contributed by atoms with van der Waals surface area (Å²) in [5.74, 6) is -0.228. The second-order valence-corrected chi connectivity index (χ2v) is 5.42. The molecule has 0 aromatic heterocycles. The van der Waals surface area contributed by atoms with E-state index in [9.17, 15) is 9.90 Å². The number of benzene rings is 2. The van der Waals surface area contributed by atoms with Crippen LogP contribution in [0, 0.1) is 0 Å². The van der Waals surface area contributed by atoms with E-state index in [1.165, 1.54) is 0 Å². The lowest BCUT2D eigenvalue weighted by molar-refractivity contribution is 0.0917. The average Bonchev–Trinajstić information content (AvgIpc) is 2.48. The summed E-state index contributed by atoms with van der Waals surface area (Å²) in [6.07, 6.45) is -0.159. The van der Waals surface area contributed by atoms with Crippen LogP contribution in [0.3, 0.4) is 0 Å². The van der Waals surface area contributed by atoms with Crippen LogP contribution < -0.4 is 5.32 Å². The second kappa shape index (κ2) is 7.25. The standard InChI is InChI=1S/C17H18ClNO2/c1-12(11-16(20)13-7-3-2-4-8-13)19-17(21)14-9-5-6-10-15(14)18/h2-10,12,16,20H,11H2,1H3,(H,19,21)/t12-,16-/m0/s1. The van der Waals surface area contributed by atoms with Gasteiger partial charge in [0.05, 0.1) is 16.7 Å². The van der Waals surface area contributed by atoms with Crippen LogP contribution in [0.25, 0.3) is 0 Å². The molecular weight excluding hydrogens is 286 g/mol. The number of amides is 1. The number of aliphatic hydroxyl groups is 1. The van der Waals surface area contributed by atoms with Crippen LogP contribution in [-0.2, 0) is 0 Å². The lowest BCUT2D eigenvalue weighted by atomic mass is 10.0. The lowest BCUT2D eigenvalue weighted by Gasteiger charge is -2.18. The fourth-order valence-electron chi connectivity index (χ4n) is 2.15. The number of halogens is 1. The van der Waals surface area contributed by atoms with Crippen molar-refractivity contribution in [1.82, 2.24) is 5.32 Å². The van der Waals surface area contributed by atoms with Gasteiger partial charge in [-0.25, -0.2) is 0 Å². The molecule has 0 aliphatic carbocycles. The Morgan fingerprint density at radius 2 is 1.76 bits per heavy atom. The number of rotatable bonds is 5. The Morgan fingerprint density at radius 1 is 1.14 bits per heavy atom. The van der Waals surface area contributed by atoms with Gasteiger partial charge in [0, 0.05) is 6.04 Å². The van der Waals surface area contributed by atoms with Crippen LogP contribution >= 0.6 is 11.6 Å².